The minimum Gasteiger partial charge on any atom is -0.480 e. The molecule has 0 spiro atoms. The molecule has 3 rings (SSSR count). The number of hydrogen-bond donors (Lipinski definition) is 16. The van der Waals surface area contributed by atoms with Gasteiger partial charge in [0.2, 0.25) is 65.0 Å². The zero-order valence-electron chi connectivity index (χ0n) is 43.7. The van der Waals surface area contributed by atoms with Crippen LogP contribution in [-0.4, -0.2) is 245 Å². The number of likely N-dealkylation sites (tertiary alicyclic amines) is 3. The maximum absolute atomic E-state index is 13.9. The number of aliphatic hydroxyl groups excluding tert-OH is 6. The third-order valence-corrected chi connectivity index (χ3v) is 13.3. The lowest BCUT2D eigenvalue weighted by molar-refractivity contribution is -0.148. The summed E-state index contributed by atoms with van der Waals surface area (Å²) in [5, 5.41) is 87.3. The molecule has 0 radical (unpaired) electrons. The number of hydrogen-bond acceptors (Lipinski definition) is 19. The smallest absolute Gasteiger partial charge is 0.328 e. The monoisotopic (exact) mass is 1100 g/mol. The number of aliphatic hydroxyl groups is 6. The van der Waals surface area contributed by atoms with Gasteiger partial charge in [0.1, 0.15) is 54.4 Å². The molecule has 11 amide bonds. The predicted octanol–water partition coefficient (Wildman–Crippen LogP) is -9.05. The molecule has 434 valence electrons. The van der Waals surface area contributed by atoms with Gasteiger partial charge < -0.3 is 99.1 Å². The van der Waals surface area contributed by atoms with E-state index in [-0.39, 0.29) is 51.7 Å². The van der Waals surface area contributed by atoms with E-state index in [9.17, 15) is 93.3 Å². The van der Waals surface area contributed by atoms with E-state index in [0.29, 0.717) is 6.42 Å². The van der Waals surface area contributed by atoms with Crippen molar-refractivity contribution in [3.05, 3.63) is 0 Å². The number of carboxylic acids is 1. The average Bonchev–Trinajstić information content (AvgIpc) is 4.16. The topological polar surface area (TPSA) is 492 Å². The molecule has 3 heterocycles. The quantitative estimate of drug-likeness (QED) is 0.0363. The summed E-state index contributed by atoms with van der Waals surface area (Å²) >= 11 is 0. The van der Waals surface area contributed by atoms with Crippen molar-refractivity contribution in [2.75, 3.05) is 26.2 Å². The molecule has 16 atom stereocenters. The summed E-state index contributed by atoms with van der Waals surface area (Å²) in [6.45, 7) is 6.10. The third kappa shape index (κ3) is 17.7. The van der Waals surface area contributed by atoms with E-state index in [1.165, 1.54) is 18.7 Å². The Hall–Kier alpha value is -6.64. The van der Waals surface area contributed by atoms with Gasteiger partial charge in [-0.05, 0) is 86.5 Å². The summed E-state index contributed by atoms with van der Waals surface area (Å²) in [6.07, 6.45) is -9.05. The van der Waals surface area contributed by atoms with Crippen molar-refractivity contribution in [1.82, 2.24) is 51.9 Å². The molecule has 0 aromatic carbocycles. The molecule has 0 bridgehead atoms. The summed E-state index contributed by atoms with van der Waals surface area (Å²) in [5.41, 5.74) is 11.1. The van der Waals surface area contributed by atoms with Gasteiger partial charge in [0.15, 0.2) is 6.04 Å². The summed E-state index contributed by atoms with van der Waals surface area (Å²) in [5.74, 6) is -12.4. The summed E-state index contributed by atoms with van der Waals surface area (Å²) in [4.78, 5) is 161. The van der Waals surface area contributed by atoms with Crippen LogP contribution in [0.3, 0.4) is 0 Å². The standard InChI is InChI=1S/C46H76N12O19/c1-19(59)31(48)43(73)56-15-7-10-26(56)39(69)54-35(23(5)63)45(75)57-16-8-11-27(57)38(68)52-32(20(2)60)41(71)49-18-30(66)51-33(21(3)61)42(72)50-25(13-14-29(47)65)37(67)53-34(22(4)62)44(74)58-17-9-12-28(58)40(70)55-36(24(6)64)46(76)77/h19-28,31-36,59-64H,7-18,48H2,1-6H3,(H2,47,65)(H,49,71)(H,50,72)(H,51,66)(H,52,68)(H,53,67)(H,54,69)(H,55,70)(H,76,77)/t19-,20-,21-,22-,23-,24-,25+,26+,27+,28-,31-,32+,33+,34+,35+,36-/m1/s1. The van der Waals surface area contributed by atoms with Gasteiger partial charge in [-0.2, -0.15) is 0 Å². The SMILES string of the molecule is C[C@@H](O)[C@H](NC(=O)CNC(=O)[C@@H](NC(=O)[C@@H]1CCCN1C(=O)[C@@H](NC(=O)[C@@H]1CCCN1C(=O)[C@H](N)[C@@H](C)O)[C@@H](C)O)[C@@H](C)O)C(=O)N[C@@H](CCC(N)=O)C(=O)N[C@H](C(=O)N1CCC[C@@H]1C(=O)N[C@@H](C(=O)O)[C@@H](C)O)[C@@H](C)O. The van der Waals surface area contributed by atoms with Crippen molar-refractivity contribution in [3.8, 4) is 0 Å². The highest BCUT2D eigenvalue weighted by Gasteiger charge is 2.45. The Morgan fingerprint density at radius 3 is 1.25 bits per heavy atom. The van der Waals surface area contributed by atoms with Crippen molar-refractivity contribution in [2.24, 2.45) is 11.5 Å². The van der Waals surface area contributed by atoms with Gasteiger partial charge in [0, 0.05) is 26.1 Å². The fourth-order valence-electron chi connectivity index (χ4n) is 8.96. The zero-order chi connectivity index (χ0) is 58.3. The average molecular weight is 1100 g/mol. The van der Waals surface area contributed by atoms with Crippen LogP contribution in [0.1, 0.15) is 92.9 Å². The number of nitrogens with one attached hydrogen (secondary N) is 7. The third-order valence-electron chi connectivity index (χ3n) is 13.3. The number of rotatable bonds is 27. The van der Waals surface area contributed by atoms with E-state index in [0.717, 1.165) is 37.5 Å². The minimum atomic E-state index is -1.88. The Labute approximate surface area is 442 Å². The van der Waals surface area contributed by atoms with Crippen LogP contribution in [0.25, 0.3) is 0 Å². The molecule has 0 aliphatic carbocycles. The Kier molecular flexibility index (Phi) is 24.5. The van der Waals surface area contributed by atoms with Gasteiger partial charge in [0.25, 0.3) is 0 Å². The van der Waals surface area contributed by atoms with Crippen LogP contribution in [0.5, 0.6) is 0 Å². The lowest BCUT2D eigenvalue weighted by Crippen LogP contribution is -2.62. The van der Waals surface area contributed by atoms with Crippen LogP contribution in [-0.2, 0) is 57.5 Å². The highest BCUT2D eigenvalue weighted by Crippen LogP contribution is 2.23. The van der Waals surface area contributed by atoms with E-state index in [1.807, 2.05) is 0 Å². The predicted molar refractivity (Wildman–Crippen MR) is 263 cm³/mol. The fraction of sp³-hybridized carbons (Fsp3) is 0.739. The maximum Gasteiger partial charge on any atom is 0.328 e. The molecule has 3 aliphatic rings. The van der Waals surface area contributed by atoms with Crippen LogP contribution in [0, 0.1) is 0 Å². The first kappa shape index (κ1) is 64.6. The molecule has 31 heteroatoms. The van der Waals surface area contributed by atoms with Gasteiger partial charge >= 0.3 is 5.97 Å². The molecule has 3 aliphatic heterocycles. The van der Waals surface area contributed by atoms with Gasteiger partial charge in [-0.25, -0.2) is 4.79 Å². The Balaban J connectivity index is 1.68. The number of nitrogens with zero attached hydrogens (tertiary/aromatic N) is 3. The number of carboxylic acid groups (broad SMARTS) is 1. The lowest BCUT2D eigenvalue weighted by atomic mass is 10.1. The van der Waals surface area contributed by atoms with Gasteiger partial charge in [0.05, 0.1) is 43.2 Å². The summed E-state index contributed by atoms with van der Waals surface area (Å²) < 4.78 is 0. The molecule has 0 aromatic heterocycles. The van der Waals surface area contributed by atoms with Crippen molar-refractivity contribution < 1.29 is 93.3 Å². The van der Waals surface area contributed by atoms with Gasteiger partial charge in [-0.3, -0.25) is 52.7 Å². The first-order valence-corrected chi connectivity index (χ1v) is 25.3. The Morgan fingerprint density at radius 1 is 0.481 bits per heavy atom. The second-order valence-electron chi connectivity index (χ2n) is 19.7. The van der Waals surface area contributed by atoms with Crippen LogP contribution in [0.2, 0.25) is 0 Å². The van der Waals surface area contributed by atoms with Crippen LogP contribution in [0.4, 0.5) is 0 Å². The van der Waals surface area contributed by atoms with Crippen LogP contribution < -0.4 is 48.7 Å². The lowest BCUT2D eigenvalue weighted by Gasteiger charge is -2.33. The first-order valence-electron chi connectivity index (χ1n) is 25.3. The molecule has 0 aromatic rings. The highest BCUT2D eigenvalue weighted by molar-refractivity contribution is 5.99. The number of carbonyl (C=O) groups is 12. The number of carbonyl (C=O) groups excluding carboxylic acids is 11. The van der Waals surface area contributed by atoms with Crippen molar-refractivity contribution >= 4 is 70.9 Å². The Bertz CT molecular complexity index is 2180. The molecule has 3 fully saturated rings. The van der Waals surface area contributed by atoms with E-state index in [1.54, 1.807) is 0 Å². The number of amides is 11. The number of aliphatic carboxylic acids is 1. The fourth-order valence-corrected chi connectivity index (χ4v) is 8.96. The minimum absolute atomic E-state index is 0.0258. The van der Waals surface area contributed by atoms with E-state index in [4.69, 9.17) is 11.5 Å². The largest absolute Gasteiger partial charge is 0.480 e. The van der Waals surface area contributed by atoms with Crippen molar-refractivity contribution in [3.63, 3.8) is 0 Å². The molecule has 0 unspecified atom stereocenters. The molecular formula is C46H76N12O19. The number of primary amides is 1. The summed E-state index contributed by atoms with van der Waals surface area (Å²) in [7, 11) is 0. The van der Waals surface area contributed by atoms with Crippen LogP contribution in [0.15, 0.2) is 0 Å². The van der Waals surface area contributed by atoms with E-state index < -0.39 is 187 Å². The van der Waals surface area contributed by atoms with Crippen LogP contribution >= 0.6 is 0 Å². The first-order chi connectivity index (χ1) is 35.9. The van der Waals surface area contributed by atoms with Crippen molar-refractivity contribution in [1.29, 1.82) is 0 Å². The molecular weight excluding hydrogens is 1020 g/mol. The molecule has 0 saturated carbocycles. The van der Waals surface area contributed by atoms with Gasteiger partial charge in [-0.15, -0.1) is 0 Å². The van der Waals surface area contributed by atoms with Crippen molar-refractivity contribution in [2.45, 2.75) is 190 Å². The second kappa shape index (κ2) is 29.2. The second-order valence-corrected chi connectivity index (χ2v) is 19.7. The van der Waals surface area contributed by atoms with E-state index in [2.05, 4.69) is 37.2 Å². The van der Waals surface area contributed by atoms with E-state index >= 15 is 0 Å². The Morgan fingerprint density at radius 2 is 0.857 bits per heavy atom. The summed E-state index contributed by atoms with van der Waals surface area (Å²) in [6, 6.07) is -15.4. The highest BCUT2D eigenvalue weighted by atomic mass is 16.4. The molecule has 31 nitrogen and oxygen atoms in total. The molecule has 18 N–H and O–H groups in total. The number of nitrogens with two attached hydrogens (primary N) is 2. The maximum atomic E-state index is 13.9. The molecule has 77 heavy (non-hydrogen) atoms. The zero-order valence-corrected chi connectivity index (χ0v) is 43.7. The molecule has 3 saturated heterocycles. The van der Waals surface area contributed by atoms with Gasteiger partial charge in [-0.1, -0.05) is 0 Å². The normalized spacial score (nSPS) is 22.4.